The molecule has 12 nitrogen and oxygen atoms in total. The van der Waals surface area contributed by atoms with Gasteiger partial charge in [-0.25, -0.2) is 14.2 Å². The molecule has 0 saturated carbocycles. The van der Waals surface area contributed by atoms with Crippen molar-refractivity contribution in [3.63, 3.8) is 0 Å². The lowest BCUT2D eigenvalue weighted by atomic mass is 10.0. The van der Waals surface area contributed by atoms with Crippen molar-refractivity contribution in [2.45, 2.75) is 58.9 Å². The fraction of sp³-hybridized carbons (Fsp3) is 0.306. The number of primary amides is 1. The van der Waals surface area contributed by atoms with E-state index in [-0.39, 0.29) is 29.9 Å². The third-order valence-electron chi connectivity index (χ3n) is 7.77. The van der Waals surface area contributed by atoms with Gasteiger partial charge in [0.05, 0.1) is 22.2 Å². The summed E-state index contributed by atoms with van der Waals surface area (Å²) in [5.41, 5.74) is 14.2. The van der Waals surface area contributed by atoms with Crippen LogP contribution in [0.1, 0.15) is 55.2 Å². The topological polar surface area (TPSA) is 180 Å². The Labute approximate surface area is 290 Å². The molecular weight excluding hydrogens is 644 g/mol. The number of hydrogen-bond acceptors (Lipinski definition) is 8. The maximum Gasteiger partial charge on any atom is 0.419 e. The second-order valence-corrected chi connectivity index (χ2v) is 12.4. The summed E-state index contributed by atoms with van der Waals surface area (Å²) in [4.78, 5) is 50.5. The van der Waals surface area contributed by atoms with E-state index in [0.29, 0.717) is 58.9 Å². The van der Waals surface area contributed by atoms with Crippen LogP contribution in [0.25, 0.3) is 10.9 Å². The monoisotopic (exact) mass is 686 g/mol. The van der Waals surface area contributed by atoms with E-state index in [9.17, 15) is 19.2 Å². The van der Waals surface area contributed by atoms with Crippen LogP contribution in [0, 0.1) is 5.92 Å². The van der Waals surface area contributed by atoms with Gasteiger partial charge in [0.2, 0.25) is 5.91 Å². The first-order valence-electron chi connectivity index (χ1n) is 15.9. The molecule has 0 spiro atoms. The minimum atomic E-state index is -0.715. The van der Waals surface area contributed by atoms with Gasteiger partial charge in [0, 0.05) is 30.6 Å². The maximum atomic E-state index is 13.4. The number of thiocarbonyl (C=S) groups is 1. The zero-order valence-corrected chi connectivity index (χ0v) is 28.5. The number of aromatic nitrogens is 1. The molecule has 258 valence electrons. The van der Waals surface area contributed by atoms with Crippen LogP contribution in [0.2, 0.25) is 0 Å². The number of ether oxygens (including phenoxy) is 2. The molecule has 0 fully saturated rings. The first-order valence-corrected chi connectivity index (χ1v) is 16.3. The number of ketones is 1. The van der Waals surface area contributed by atoms with E-state index in [2.05, 4.69) is 16.0 Å². The number of urea groups is 1. The van der Waals surface area contributed by atoms with Gasteiger partial charge >= 0.3 is 12.1 Å². The number of nitrogens with two attached hydrogens (primary N) is 2. The fourth-order valence-corrected chi connectivity index (χ4v) is 5.36. The number of nitrogens with zero attached hydrogens (tertiary/aromatic N) is 1. The van der Waals surface area contributed by atoms with Crippen molar-refractivity contribution in [3.8, 4) is 5.75 Å². The molecule has 0 radical (unpaired) electrons. The molecule has 3 aromatic carbocycles. The van der Waals surface area contributed by atoms with Crippen molar-refractivity contribution < 1.29 is 28.7 Å². The molecule has 1 heterocycles. The van der Waals surface area contributed by atoms with Crippen molar-refractivity contribution in [1.82, 2.24) is 15.2 Å². The number of carbonyl (C=O) groups excluding carboxylic acids is 4. The zero-order chi connectivity index (χ0) is 35.5. The highest BCUT2D eigenvalue weighted by Gasteiger charge is 2.23. The molecule has 0 aliphatic rings. The number of benzene rings is 3. The summed E-state index contributed by atoms with van der Waals surface area (Å²) < 4.78 is 12.8. The zero-order valence-electron chi connectivity index (χ0n) is 27.7. The molecule has 0 bridgehead atoms. The Morgan fingerprint density at radius 2 is 1.61 bits per heavy atom. The van der Waals surface area contributed by atoms with E-state index in [1.807, 2.05) is 44.2 Å². The lowest BCUT2D eigenvalue weighted by Gasteiger charge is -2.24. The number of carbonyl (C=O) groups is 4. The van der Waals surface area contributed by atoms with Crippen molar-refractivity contribution in [2.24, 2.45) is 17.4 Å². The van der Waals surface area contributed by atoms with E-state index >= 15 is 0 Å². The summed E-state index contributed by atoms with van der Waals surface area (Å²) in [6.45, 7) is 5.83. The minimum Gasteiger partial charge on any atom is -0.489 e. The first-order chi connectivity index (χ1) is 23.4. The van der Waals surface area contributed by atoms with Gasteiger partial charge in [-0.05, 0) is 60.2 Å². The third kappa shape index (κ3) is 10.4. The molecule has 0 aliphatic carbocycles. The second-order valence-electron chi connectivity index (χ2n) is 11.9. The molecule has 3 amide bonds. The molecular formula is C36H42N6O6S. The summed E-state index contributed by atoms with van der Waals surface area (Å²) in [6.07, 6.45) is 0.123. The van der Waals surface area contributed by atoms with Crippen LogP contribution in [-0.2, 0) is 22.7 Å². The summed E-state index contributed by atoms with van der Waals surface area (Å²) in [6, 6.07) is 21.7. The largest absolute Gasteiger partial charge is 0.489 e. The van der Waals surface area contributed by atoms with E-state index in [1.54, 1.807) is 48.5 Å². The summed E-state index contributed by atoms with van der Waals surface area (Å²) >= 11 is 5.44. The number of Topliss-reactive ketones (excluding diaryl/α,β-unsaturated/α-hetero) is 1. The molecule has 1 aromatic heterocycles. The van der Waals surface area contributed by atoms with Gasteiger partial charge in [-0.15, -0.1) is 0 Å². The number of fused-ring (bicyclic) bond motifs is 1. The minimum absolute atomic E-state index is 0.0728. The Morgan fingerprint density at radius 1 is 0.918 bits per heavy atom. The van der Waals surface area contributed by atoms with Crippen molar-refractivity contribution in [2.75, 3.05) is 11.9 Å². The Hall–Kier alpha value is -5.27. The Bertz CT molecular complexity index is 1790. The number of nitrogens with one attached hydrogen (secondary N) is 3. The van der Waals surface area contributed by atoms with Crippen molar-refractivity contribution >= 4 is 57.6 Å². The average molecular weight is 687 g/mol. The Balaban J connectivity index is 1.41. The fourth-order valence-electron chi connectivity index (χ4n) is 4.95. The second kappa shape index (κ2) is 17.2. The van der Waals surface area contributed by atoms with Gasteiger partial charge < -0.3 is 36.9 Å². The van der Waals surface area contributed by atoms with Crippen LogP contribution in [-0.4, -0.2) is 52.0 Å². The van der Waals surface area contributed by atoms with E-state index in [4.69, 9.17) is 33.2 Å². The van der Waals surface area contributed by atoms with Gasteiger partial charge in [0.15, 0.2) is 5.78 Å². The molecule has 49 heavy (non-hydrogen) atoms. The quantitative estimate of drug-likeness (QED) is 0.0633. The third-order valence-corrected chi connectivity index (χ3v) is 8.16. The highest BCUT2D eigenvalue weighted by atomic mass is 32.1. The SMILES string of the molecule is CC(=O)c1cc2ccc(OCc3ccccc3)cc2n1C(=O)OCc1ccc(NC(=O)[C@H](CCCNC(N)=O)NC(=S)[C@@H](N)C(C)C)cc1. The molecule has 13 heteroatoms. The number of amides is 3. The van der Waals surface area contributed by atoms with Crippen LogP contribution >= 0.6 is 12.2 Å². The Kier molecular flexibility index (Phi) is 12.9. The molecule has 0 aliphatic heterocycles. The molecule has 2 atom stereocenters. The van der Waals surface area contributed by atoms with Gasteiger partial charge in [-0.1, -0.05) is 68.5 Å². The first kappa shape index (κ1) is 36.6. The van der Waals surface area contributed by atoms with Crippen molar-refractivity contribution in [1.29, 1.82) is 0 Å². The lowest BCUT2D eigenvalue weighted by Crippen LogP contribution is -2.50. The summed E-state index contributed by atoms with van der Waals surface area (Å²) in [7, 11) is 0. The van der Waals surface area contributed by atoms with E-state index in [0.717, 1.165) is 5.56 Å². The van der Waals surface area contributed by atoms with Crippen LogP contribution < -0.4 is 32.2 Å². The van der Waals surface area contributed by atoms with E-state index in [1.165, 1.54) is 11.5 Å². The van der Waals surface area contributed by atoms with Crippen molar-refractivity contribution in [3.05, 3.63) is 95.7 Å². The average Bonchev–Trinajstić information content (AvgIpc) is 3.47. The van der Waals surface area contributed by atoms with E-state index < -0.39 is 24.2 Å². The number of anilines is 1. The highest BCUT2D eigenvalue weighted by Crippen LogP contribution is 2.26. The van der Waals surface area contributed by atoms with Crippen LogP contribution in [0.15, 0.2) is 78.9 Å². The van der Waals surface area contributed by atoms with Gasteiger partial charge in [-0.3, -0.25) is 9.59 Å². The highest BCUT2D eigenvalue weighted by molar-refractivity contribution is 7.80. The maximum absolute atomic E-state index is 13.4. The predicted molar refractivity (Wildman–Crippen MR) is 193 cm³/mol. The molecule has 4 rings (SSSR count). The molecule has 0 unspecified atom stereocenters. The molecule has 7 N–H and O–H groups in total. The predicted octanol–water partition coefficient (Wildman–Crippen LogP) is 5.26. The molecule has 0 saturated heterocycles. The van der Waals surface area contributed by atoms with Crippen LogP contribution in [0.3, 0.4) is 0 Å². The Morgan fingerprint density at radius 3 is 2.27 bits per heavy atom. The summed E-state index contributed by atoms with van der Waals surface area (Å²) in [5.74, 6) is -0.00650. The van der Waals surface area contributed by atoms with Gasteiger partial charge in [0.1, 0.15) is 25.0 Å². The standard InChI is InChI=1S/C36H42N6O6S/c1-22(2)32(37)34(49)41-29(10-7-17-39-35(38)45)33(44)40-27-14-11-25(12-15-27)21-48-36(46)42-30(23(3)43)18-26-13-16-28(19-31(26)42)47-20-24-8-5-4-6-9-24/h4-6,8-9,11-16,18-19,22,29,32H,7,10,17,20-21,37H2,1-3H3,(H,40,44)(H,41,49)(H3,38,39,45)/t29-,32-/m0/s1. The van der Waals surface area contributed by atoms with Gasteiger partial charge in [-0.2, -0.15) is 0 Å². The lowest BCUT2D eigenvalue weighted by molar-refractivity contribution is -0.118. The smallest absolute Gasteiger partial charge is 0.419 e. The van der Waals surface area contributed by atoms with Crippen LogP contribution in [0.4, 0.5) is 15.3 Å². The number of rotatable bonds is 15. The van der Waals surface area contributed by atoms with Crippen LogP contribution in [0.5, 0.6) is 5.75 Å². The number of hydrogen-bond donors (Lipinski definition) is 5. The van der Waals surface area contributed by atoms with Gasteiger partial charge in [0.25, 0.3) is 0 Å². The molecule has 4 aromatic rings. The normalized spacial score (nSPS) is 12.2. The summed E-state index contributed by atoms with van der Waals surface area (Å²) in [5, 5.41) is 9.14.